The van der Waals surface area contributed by atoms with Crippen molar-refractivity contribution in [2.24, 2.45) is 5.92 Å². The largest absolute Gasteiger partial charge is 0.481 e. The molecule has 2 amide bonds. The zero-order valence-electron chi connectivity index (χ0n) is 12.5. The van der Waals surface area contributed by atoms with Crippen LogP contribution in [0.5, 0.6) is 0 Å². The van der Waals surface area contributed by atoms with Gasteiger partial charge < -0.3 is 10.4 Å². The summed E-state index contributed by atoms with van der Waals surface area (Å²) < 4.78 is 0. The van der Waals surface area contributed by atoms with Gasteiger partial charge in [-0.25, -0.2) is 4.79 Å². The maximum absolute atomic E-state index is 12.3. The average molecular weight is 290 g/mol. The van der Waals surface area contributed by atoms with Gasteiger partial charge in [-0.1, -0.05) is 32.0 Å². The fraction of sp³-hybridized carbons (Fsp3) is 0.500. The zero-order valence-corrected chi connectivity index (χ0v) is 12.5. The first-order valence-corrected chi connectivity index (χ1v) is 7.36. The Labute approximate surface area is 125 Å². The molecule has 1 aliphatic rings. The first kappa shape index (κ1) is 15.4. The van der Waals surface area contributed by atoms with Crippen LogP contribution in [0, 0.1) is 5.92 Å². The molecule has 2 N–H and O–H groups in total. The standard InChI is InChI=1S/C16H22N2O3/c1-11(2)13-10-18(14-7-4-3-6-12(13)14)16(21)17-9-5-8-15(19)20/h3-4,6-7,11,13H,5,8-10H2,1-2H3,(H,17,21)(H,19,20). The van der Waals surface area contributed by atoms with Gasteiger partial charge in [0.1, 0.15) is 0 Å². The Kier molecular flexibility index (Phi) is 4.83. The smallest absolute Gasteiger partial charge is 0.321 e. The van der Waals surface area contributed by atoms with Crippen LogP contribution in [0.4, 0.5) is 10.5 Å². The van der Waals surface area contributed by atoms with Crippen LogP contribution < -0.4 is 10.2 Å². The van der Waals surface area contributed by atoms with Gasteiger partial charge in [0.15, 0.2) is 0 Å². The van der Waals surface area contributed by atoms with Crippen molar-refractivity contribution in [2.45, 2.75) is 32.6 Å². The minimum atomic E-state index is -0.837. The van der Waals surface area contributed by atoms with Crippen LogP contribution in [0.15, 0.2) is 24.3 Å². The topological polar surface area (TPSA) is 69.6 Å². The second-order valence-corrected chi connectivity index (χ2v) is 5.75. The highest BCUT2D eigenvalue weighted by Gasteiger charge is 2.33. The summed E-state index contributed by atoms with van der Waals surface area (Å²) in [7, 11) is 0. The molecule has 21 heavy (non-hydrogen) atoms. The van der Waals surface area contributed by atoms with Crippen LogP contribution in [-0.4, -0.2) is 30.2 Å². The van der Waals surface area contributed by atoms with Crippen LogP contribution in [0.1, 0.15) is 38.2 Å². The third-order valence-electron chi connectivity index (χ3n) is 3.90. The van der Waals surface area contributed by atoms with E-state index in [1.54, 1.807) is 4.90 Å². The molecule has 0 spiro atoms. The number of para-hydroxylation sites is 1. The van der Waals surface area contributed by atoms with Crippen molar-refractivity contribution in [3.05, 3.63) is 29.8 Å². The molecule has 0 fully saturated rings. The van der Waals surface area contributed by atoms with Gasteiger partial charge in [-0.05, 0) is 24.0 Å². The normalized spacial score (nSPS) is 16.9. The second-order valence-electron chi connectivity index (χ2n) is 5.75. The number of urea groups is 1. The molecule has 2 rings (SSSR count). The molecule has 0 radical (unpaired) electrons. The molecular weight excluding hydrogens is 268 g/mol. The summed E-state index contributed by atoms with van der Waals surface area (Å²) in [5.41, 5.74) is 2.18. The van der Waals surface area contributed by atoms with E-state index in [0.717, 1.165) is 5.69 Å². The fourth-order valence-corrected chi connectivity index (χ4v) is 2.73. The first-order chi connectivity index (χ1) is 10.0. The maximum Gasteiger partial charge on any atom is 0.321 e. The van der Waals surface area contributed by atoms with E-state index in [4.69, 9.17) is 5.11 Å². The minimum Gasteiger partial charge on any atom is -0.481 e. The van der Waals surface area contributed by atoms with Crippen LogP contribution >= 0.6 is 0 Å². The SMILES string of the molecule is CC(C)C1CN(C(=O)NCCCC(=O)O)c2ccccc21. The molecule has 5 heteroatoms. The van der Waals surface area contributed by atoms with Crippen LogP contribution in [0.25, 0.3) is 0 Å². The quantitative estimate of drug-likeness (QED) is 0.819. The Hall–Kier alpha value is -2.04. The van der Waals surface area contributed by atoms with Crippen molar-refractivity contribution < 1.29 is 14.7 Å². The summed E-state index contributed by atoms with van der Waals surface area (Å²) in [4.78, 5) is 24.5. The number of nitrogens with zero attached hydrogens (tertiary/aromatic N) is 1. The lowest BCUT2D eigenvalue weighted by Crippen LogP contribution is -2.40. The lowest BCUT2D eigenvalue weighted by molar-refractivity contribution is -0.137. The molecule has 0 saturated heterocycles. The molecule has 1 aliphatic heterocycles. The molecule has 1 atom stereocenters. The molecule has 0 aliphatic carbocycles. The number of amides is 2. The highest BCUT2D eigenvalue weighted by molar-refractivity contribution is 5.94. The van der Waals surface area contributed by atoms with E-state index < -0.39 is 5.97 Å². The van der Waals surface area contributed by atoms with E-state index in [9.17, 15) is 9.59 Å². The van der Waals surface area contributed by atoms with Crippen molar-refractivity contribution in [1.82, 2.24) is 5.32 Å². The van der Waals surface area contributed by atoms with Crippen molar-refractivity contribution in [1.29, 1.82) is 0 Å². The van der Waals surface area contributed by atoms with E-state index in [0.29, 0.717) is 31.3 Å². The Morgan fingerprint density at radius 2 is 2.10 bits per heavy atom. The van der Waals surface area contributed by atoms with E-state index in [-0.39, 0.29) is 12.5 Å². The number of hydrogen-bond donors (Lipinski definition) is 2. The maximum atomic E-state index is 12.3. The number of fused-ring (bicyclic) bond motifs is 1. The van der Waals surface area contributed by atoms with Crippen molar-refractivity contribution >= 4 is 17.7 Å². The van der Waals surface area contributed by atoms with Crippen LogP contribution in [0.3, 0.4) is 0 Å². The number of anilines is 1. The number of aliphatic carboxylic acids is 1. The number of carbonyl (C=O) groups is 2. The average Bonchev–Trinajstić information content (AvgIpc) is 2.83. The highest BCUT2D eigenvalue weighted by Crippen LogP contribution is 2.39. The molecule has 1 unspecified atom stereocenters. The van der Waals surface area contributed by atoms with Gasteiger partial charge in [-0.3, -0.25) is 9.69 Å². The van der Waals surface area contributed by atoms with E-state index in [2.05, 4.69) is 25.2 Å². The zero-order chi connectivity index (χ0) is 15.4. The number of carboxylic acid groups (broad SMARTS) is 1. The predicted molar refractivity (Wildman–Crippen MR) is 81.6 cm³/mol. The molecule has 1 heterocycles. The first-order valence-electron chi connectivity index (χ1n) is 7.36. The van der Waals surface area contributed by atoms with Crippen molar-refractivity contribution in [3.8, 4) is 0 Å². The van der Waals surface area contributed by atoms with E-state index in [1.807, 2.05) is 18.2 Å². The van der Waals surface area contributed by atoms with Gasteiger partial charge in [-0.2, -0.15) is 0 Å². The number of rotatable bonds is 5. The molecule has 5 nitrogen and oxygen atoms in total. The van der Waals surface area contributed by atoms with Gasteiger partial charge in [-0.15, -0.1) is 0 Å². The van der Waals surface area contributed by atoms with Crippen molar-refractivity contribution in [2.75, 3.05) is 18.0 Å². The molecular formula is C16H22N2O3. The minimum absolute atomic E-state index is 0.0749. The van der Waals surface area contributed by atoms with Crippen molar-refractivity contribution in [3.63, 3.8) is 0 Å². The summed E-state index contributed by atoms with van der Waals surface area (Å²) in [5, 5.41) is 11.4. The molecule has 114 valence electrons. The van der Waals surface area contributed by atoms with Crippen LogP contribution in [0.2, 0.25) is 0 Å². The molecule has 1 aromatic rings. The Morgan fingerprint density at radius 1 is 1.38 bits per heavy atom. The lowest BCUT2D eigenvalue weighted by Gasteiger charge is -2.19. The summed E-state index contributed by atoms with van der Waals surface area (Å²) in [6.45, 7) is 5.39. The van der Waals surface area contributed by atoms with Gasteiger partial charge in [0.2, 0.25) is 0 Å². The molecule has 1 aromatic carbocycles. The fourth-order valence-electron chi connectivity index (χ4n) is 2.73. The second kappa shape index (κ2) is 6.61. The Morgan fingerprint density at radius 3 is 2.76 bits per heavy atom. The third kappa shape index (κ3) is 3.54. The number of benzene rings is 1. The number of carbonyl (C=O) groups excluding carboxylic acids is 1. The lowest BCUT2D eigenvalue weighted by atomic mass is 9.90. The predicted octanol–water partition coefficient (Wildman–Crippen LogP) is 2.82. The Balaban J connectivity index is 2.01. The summed E-state index contributed by atoms with van der Waals surface area (Å²) >= 11 is 0. The summed E-state index contributed by atoms with van der Waals surface area (Å²) in [5.74, 6) is -0.0161. The van der Waals surface area contributed by atoms with Gasteiger partial charge in [0.25, 0.3) is 0 Å². The van der Waals surface area contributed by atoms with Crippen LogP contribution in [-0.2, 0) is 4.79 Å². The third-order valence-corrected chi connectivity index (χ3v) is 3.90. The highest BCUT2D eigenvalue weighted by atomic mass is 16.4. The van der Waals surface area contributed by atoms with E-state index in [1.165, 1.54) is 5.56 Å². The van der Waals surface area contributed by atoms with Gasteiger partial charge in [0, 0.05) is 31.1 Å². The van der Waals surface area contributed by atoms with Gasteiger partial charge >= 0.3 is 12.0 Å². The molecule has 0 saturated carbocycles. The van der Waals surface area contributed by atoms with E-state index >= 15 is 0 Å². The number of carboxylic acids is 1. The molecule has 0 bridgehead atoms. The summed E-state index contributed by atoms with van der Waals surface area (Å²) in [6, 6.07) is 7.84. The number of hydrogen-bond acceptors (Lipinski definition) is 2. The number of nitrogens with one attached hydrogen (secondary N) is 1. The van der Waals surface area contributed by atoms with Gasteiger partial charge in [0.05, 0.1) is 0 Å². The Bertz CT molecular complexity index is 528. The monoisotopic (exact) mass is 290 g/mol. The summed E-state index contributed by atoms with van der Waals surface area (Å²) in [6.07, 6.45) is 0.523. The molecule has 0 aromatic heterocycles.